The normalized spacial score (nSPS) is 14.7. The Balaban J connectivity index is 1.43. The van der Waals surface area contributed by atoms with E-state index in [9.17, 15) is 9.59 Å². The number of hydrogen-bond acceptors (Lipinski definition) is 4. The van der Waals surface area contributed by atoms with E-state index in [0.717, 1.165) is 42.7 Å². The molecule has 6 heteroatoms. The number of carbonyl (C=O) groups excluding carboxylic acids is 2. The first-order chi connectivity index (χ1) is 13.0. The lowest BCUT2D eigenvalue weighted by molar-refractivity contribution is -0.136. The number of aromatic nitrogens is 1. The first-order valence-electron chi connectivity index (χ1n) is 9.34. The summed E-state index contributed by atoms with van der Waals surface area (Å²) >= 11 is 0. The highest BCUT2D eigenvalue weighted by Gasteiger charge is 2.21. The van der Waals surface area contributed by atoms with Crippen LogP contribution in [0.4, 0.5) is 11.4 Å². The fourth-order valence-electron chi connectivity index (χ4n) is 3.39. The maximum absolute atomic E-state index is 12.1. The molecule has 2 amide bonds. The second-order valence-electron chi connectivity index (χ2n) is 7.12. The average molecular weight is 366 g/mol. The van der Waals surface area contributed by atoms with Gasteiger partial charge in [-0.2, -0.15) is 0 Å². The minimum Gasteiger partial charge on any atom is -0.370 e. The van der Waals surface area contributed by atoms with Crippen LogP contribution in [0, 0.1) is 19.8 Å². The smallest absolute Gasteiger partial charge is 0.313 e. The van der Waals surface area contributed by atoms with Gasteiger partial charge in [-0.25, -0.2) is 0 Å². The Morgan fingerprint density at radius 1 is 1.15 bits per heavy atom. The molecular formula is C21H26N4O2. The number of nitrogens with zero attached hydrogens (tertiary/aromatic N) is 2. The number of aryl methyl sites for hydroxylation is 2. The van der Waals surface area contributed by atoms with Crippen LogP contribution in [0.1, 0.15) is 24.0 Å². The van der Waals surface area contributed by atoms with Crippen molar-refractivity contribution in [2.45, 2.75) is 26.7 Å². The number of piperidine rings is 1. The second-order valence-corrected chi connectivity index (χ2v) is 7.12. The standard InChI is InChI=1S/C21H26N4O2/c1-15-5-6-19(16(2)12-15)24-21(27)20(26)23-13-17-7-10-25(11-8-17)18-4-3-9-22-14-18/h3-6,9,12,14,17H,7-8,10-11,13H2,1-2H3,(H,23,26)(H,24,27). The quantitative estimate of drug-likeness (QED) is 0.816. The molecule has 0 radical (unpaired) electrons. The average Bonchev–Trinajstić information content (AvgIpc) is 2.69. The van der Waals surface area contributed by atoms with Crippen molar-refractivity contribution in [2.24, 2.45) is 5.92 Å². The van der Waals surface area contributed by atoms with Crippen LogP contribution in [0.15, 0.2) is 42.7 Å². The van der Waals surface area contributed by atoms with Gasteiger partial charge in [0.25, 0.3) is 0 Å². The predicted octanol–water partition coefficient (Wildman–Crippen LogP) is 2.67. The molecule has 1 aromatic heterocycles. The molecular weight excluding hydrogens is 340 g/mol. The zero-order chi connectivity index (χ0) is 19.2. The topological polar surface area (TPSA) is 74.3 Å². The van der Waals surface area contributed by atoms with Crippen molar-refractivity contribution in [3.63, 3.8) is 0 Å². The third kappa shape index (κ3) is 5.06. The molecule has 0 saturated carbocycles. The Kier molecular flexibility index (Phi) is 6.06. The molecule has 0 bridgehead atoms. The lowest BCUT2D eigenvalue weighted by Gasteiger charge is -2.33. The van der Waals surface area contributed by atoms with Gasteiger partial charge in [0.05, 0.1) is 11.9 Å². The van der Waals surface area contributed by atoms with E-state index in [4.69, 9.17) is 0 Å². The lowest BCUT2D eigenvalue weighted by atomic mass is 9.96. The Labute approximate surface area is 160 Å². The summed E-state index contributed by atoms with van der Waals surface area (Å²) in [6.45, 7) is 6.30. The molecule has 0 spiro atoms. The number of nitrogens with one attached hydrogen (secondary N) is 2. The molecule has 0 unspecified atom stereocenters. The van der Waals surface area contributed by atoms with E-state index < -0.39 is 11.8 Å². The molecule has 1 aromatic carbocycles. The predicted molar refractivity (Wildman–Crippen MR) is 107 cm³/mol. The summed E-state index contributed by atoms with van der Waals surface area (Å²) in [7, 11) is 0. The van der Waals surface area contributed by atoms with Gasteiger partial charge in [-0.3, -0.25) is 14.6 Å². The molecule has 6 nitrogen and oxygen atoms in total. The van der Waals surface area contributed by atoms with E-state index >= 15 is 0 Å². The van der Waals surface area contributed by atoms with Gasteiger partial charge < -0.3 is 15.5 Å². The third-order valence-corrected chi connectivity index (χ3v) is 5.01. The number of anilines is 2. The molecule has 1 aliphatic heterocycles. The van der Waals surface area contributed by atoms with Crippen molar-refractivity contribution in [2.75, 3.05) is 29.9 Å². The van der Waals surface area contributed by atoms with Gasteiger partial charge >= 0.3 is 11.8 Å². The number of rotatable bonds is 4. The van der Waals surface area contributed by atoms with Crippen molar-refractivity contribution in [1.82, 2.24) is 10.3 Å². The Morgan fingerprint density at radius 3 is 2.59 bits per heavy atom. The third-order valence-electron chi connectivity index (χ3n) is 5.01. The van der Waals surface area contributed by atoms with Crippen molar-refractivity contribution < 1.29 is 9.59 Å². The Morgan fingerprint density at radius 2 is 1.93 bits per heavy atom. The van der Waals surface area contributed by atoms with Crippen LogP contribution in [0.2, 0.25) is 0 Å². The van der Waals surface area contributed by atoms with Crippen LogP contribution < -0.4 is 15.5 Å². The maximum atomic E-state index is 12.1. The summed E-state index contributed by atoms with van der Waals surface area (Å²) in [6.07, 6.45) is 5.61. The fourth-order valence-corrected chi connectivity index (χ4v) is 3.39. The summed E-state index contributed by atoms with van der Waals surface area (Å²) in [5.74, 6) is -0.810. The molecule has 1 aliphatic rings. The Hall–Kier alpha value is -2.89. The van der Waals surface area contributed by atoms with Gasteiger partial charge in [0.2, 0.25) is 0 Å². The van der Waals surface area contributed by atoms with Gasteiger partial charge in [0, 0.05) is 31.5 Å². The van der Waals surface area contributed by atoms with Crippen molar-refractivity contribution >= 4 is 23.2 Å². The van der Waals surface area contributed by atoms with E-state index in [2.05, 4.69) is 26.6 Å². The summed E-state index contributed by atoms with van der Waals surface area (Å²) in [4.78, 5) is 30.7. The van der Waals surface area contributed by atoms with E-state index in [0.29, 0.717) is 18.2 Å². The molecule has 2 N–H and O–H groups in total. The second kappa shape index (κ2) is 8.66. The van der Waals surface area contributed by atoms with E-state index in [1.165, 1.54) is 0 Å². The van der Waals surface area contributed by atoms with E-state index in [-0.39, 0.29) is 0 Å². The molecule has 0 aliphatic carbocycles. The maximum Gasteiger partial charge on any atom is 0.313 e. The summed E-state index contributed by atoms with van der Waals surface area (Å²) in [5, 5.41) is 5.46. The molecule has 2 aromatic rings. The largest absolute Gasteiger partial charge is 0.370 e. The first kappa shape index (κ1) is 18.9. The Bertz CT molecular complexity index is 799. The van der Waals surface area contributed by atoms with Crippen LogP contribution in [0.25, 0.3) is 0 Å². The first-order valence-corrected chi connectivity index (χ1v) is 9.34. The minimum atomic E-state index is -0.616. The lowest BCUT2D eigenvalue weighted by Crippen LogP contribution is -2.41. The van der Waals surface area contributed by atoms with Gasteiger partial charge in [0.15, 0.2) is 0 Å². The van der Waals surface area contributed by atoms with E-state index in [1.54, 1.807) is 6.20 Å². The number of benzene rings is 1. The summed E-state index contributed by atoms with van der Waals surface area (Å²) in [5.41, 5.74) is 3.87. The highest BCUT2D eigenvalue weighted by Crippen LogP contribution is 2.22. The SMILES string of the molecule is Cc1ccc(NC(=O)C(=O)NCC2CCN(c3cccnc3)CC2)c(C)c1. The molecule has 27 heavy (non-hydrogen) atoms. The van der Waals surface area contributed by atoms with Crippen LogP contribution in [0.3, 0.4) is 0 Å². The number of hydrogen-bond donors (Lipinski definition) is 2. The van der Waals surface area contributed by atoms with Crippen LogP contribution in [-0.2, 0) is 9.59 Å². The van der Waals surface area contributed by atoms with Crippen LogP contribution in [-0.4, -0.2) is 36.4 Å². The summed E-state index contributed by atoms with van der Waals surface area (Å²) < 4.78 is 0. The fraction of sp³-hybridized carbons (Fsp3) is 0.381. The van der Waals surface area contributed by atoms with Crippen molar-refractivity contribution in [3.05, 3.63) is 53.9 Å². The number of amides is 2. The minimum absolute atomic E-state index is 0.385. The molecule has 142 valence electrons. The van der Waals surface area contributed by atoms with E-state index in [1.807, 2.05) is 44.3 Å². The molecule has 1 fully saturated rings. The van der Waals surface area contributed by atoms with Crippen molar-refractivity contribution in [3.8, 4) is 0 Å². The zero-order valence-corrected chi connectivity index (χ0v) is 15.9. The highest BCUT2D eigenvalue weighted by molar-refractivity contribution is 6.39. The zero-order valence-electron chi connectivity index (χ0n) is 15.9. The van der Waals surface area contributed by atoms with Gasteiger partial charge in [-0.05, 0) is 56.4 Å². The van der Waals surface area contributed by atoms with Gasteiger partial charge in [-0.15, -0.1) is 0 Å². The number of carbonyl (C=O) groups is 2. The van der Waals surface area contributed by atoms with Crippen LogP contribution in [0.5, 0.6) is 0 Å². The molecule has 3 rings (SSSR count). The monoisotopic (exact) mass is 366 g/mol. The van der Waals surface area contributed by atoms with Gasteiger partial charge in [0.1, 0.15) is 0 Å². The number of pyridine rings is 1. The highest BCUT2D eigenvalue weighted by atomic mass is 16.2. The van der Waals surface area contributed by atoms with Gasteiger partial charge in [-0.1, -0.05) is 17.7 Å². The molecule has 2 heterocycles. The van der Waals surface area contributed by atoms with Crippen LogP contribution >= 0.6 is 0 Å². The summed E-state index contributed by atoms with van der Waals surface area (Å²) in [6, 6.07) is 9.71. The molecule has 1 saturated heterocycles. The molecule has 0 atom stereocenters. The van der Waals surface area contributed by atoms with Crippen molar-refractivity contribution in [1.29, 1.82) is 0 Å².